The van der Waals surface area contributed by atoms with Crippen LogP contribution in [-0.2, 0) is 4.79 Å². The van der Waals surface area contributed by atoms with Crippen molar-refractivity contribution < 1.29 is 14.5 Å². The largest absolute Gasteiger partial charge is 0.332 e. The van der Waals surface area contributed by atoms with Crippen LogP contribution in [0.2, 0.25) is 0 Å². The number of hydrogen-bond acceptors (Lipinski definition) is 2. The Morgan fingerprint density at radius 3 is 1.96 bits per heavy atom. The number of hydrogen-bond donors (Lipinski definition) is 3. The van der Waals surface area contributed by atoms with Crippen molar-refractivity contribution in [2.75, 3.05) is 19.6 Å². The van der Waals surface area contributed by atoms with Gasteiger partial charge in [-0.15, -0.1) is 0 Å². The summed E-state index contributed by atoms with van der Waals surface area (Å²) in [6, 6.07) is -0.260. The van der Waals surface area contributed by atoms with E-state index in [2.05, 4.69) is 24.5 Å². The molecular formula is C20H34N3O2+. The number of amides is 3. The van der Waals surface area contributed by atoms with E-state index in [0.717, 1.165) is 50.1 Å². The van der Waals surface area contributed by atoms with Crippen LogP contribution in [-0.4, -0.2) is 37.1 Å². The van der Waals surface area contributed by atoms with Crippen LogP contribution in [0.5, 0.6) is 0 Å². The molecule has 1 aliphatic heterocycles. The lowest BCUT2D eigenvalue weighted by molar-refractivity contribution is -0.904. The standard InChI is InChI=1S/C20H33N3O2/c1-13-3-14(2)11-23(10-13)12-18(24)21-19(25)22-20-7-15-4-16(8-20)6-17(5-15)9-20/h13-17H,3-12H2,1-2H3,(H2,21,22,24,25)/p+1/t13-,14+,15?,16?,17?,20?. The molecule has 5 fully saturated rings. The quantitative estimate of drug-likeness (QED) is 0.721. The average Bonchev–Trinajstić information content (AvgIpc) is 2.42. The van der Waals surface area contributed by atoms with Gasteiger partial charge in [0.25, 0.3) is 5.91 Å². The van der Waals surface area contributed by atoms with Gasteiger partial charge >= 0.3 is 6.03 Å². The van der Waals surface area contributed by atoms with Gasteiger partial charge < -0.3 is 10.2 Å². The smallest absolute Gasteiger partial charge is 0.322 e. The molecule has 4 saturated carbocycles. The summed E-state index contributed by atoms with van der Waals surface area (Å²) < 4.78 is 0. The summed E-state index contributed by atoms with van der Waals surface area (Å²) in [5.41, 5.74) is -0.0277. The van der Waals surface area contributed by atoms with E-state index in [1.807, 2.05) is 0 Å². The van der Waals surface area contributed by atoms with E-state index in [9.17, 15) is 9.59 Å². The van der Waals surface area contributed by atoms with Crippen molar-refractivity contribution in [3.63, 3.8) is 0 Å². The van der Waals surface area contributed by atoms with Gasteiger partial charge in [0.2, 0.25) is 0 Å². The van der Waals surface area contributed by atoms with E-state index in [1.54, 1.807) is 0 Å². The van der Waals surface area contributed by atoms with Gasteiger partial charge in [-0.2, -0.15) is 0 Å². The van der Waals surface area contributed by atoms with Gasteiger partial charge in [-0.3, -0.25) is 10.1 Å². The van der Waals surface area contributed by atoms with Crippen molar-refractivity contribution >= 4 is 11.9 Å². The molecule has 4 bridgehead atoms. The number of piperidine rings is 1. The van der Waals surface area contributed by atoms with Crippen molar-refractivity contribution in [2.45, 2.75) is 64.3 Å². The fraction of sp³-hybridized carbons (Fsp3) is 0.900. The molecule has 3 amide bonds. The minimum atomic E-state index is -0.260. The minimum Gasteiger partial charge on any atom is -0.332 e. The van der Waals surface area contributed by atoms with Crippen LogP contribution in [0.4, 0.5) is 4.79 Å². The van der Waals surface area contributed by atoms with E-state index in [0.29, 0.717) is 18.4 Å². The first kappa shape index (κ1) is 17.3. The Hall–Kier alpha value is -1.10. The molecule has 5 heteroatoms. The highest BCUT2D eigenvalue weighted by Crippen LogP contribution is 2.55. The van der Waals surface area contributed by atoms with Gasteiger partial charge in [0, 0.05) is 17.4 Å². The van der Waals surface area contributed by atoms with Crippen molar-refractivity contribution in [3.05, 3.63) is 0 Å². The molecule has 0 radical (unpaired) electrons. The maximum atomic E-state index is 12.5. The summed E-state index contributed by atoms with van der Waals surface area (Å²) in [6.45, 7) is 7.01. The molecule has 1 saturated heterocycles. The van der Waals surface area contributed by atoms with E-state index in [-0.39, 0.29) is 17.5 Å². The molecule has 3 N–H and O–H groups in total. The first-order valence-corrected chi connectivity index (χ1v) is 10.3. The molecule has 5 rings (SSSR count). The summed E-state index contributed by atoms with van der Waals surface area (Å²) in [4.78, 5) is 26.1. The molecule has 0 aromatic carbocycles. The first-order chi connectivity index (χ1) is 11.9. The van der Waals surface area contributed by atoms with Crippen molar-refractivity contribution in [3.8, 4) is 0 Å². The number of likely N-dealkylation sites (tertiary alicyclic amines) is 1. The highest BCUT2D eigenvalue weighted by molar-refractivity contribution is 5.95. The van der Waals surface area contributed by atoms with Crippen LogP contribution < -0.4 is 15.5 Å². The van der Waals surface area contributed by atoms with Crippen molar-refractivity contribution in [1.29, 1.82) is 0 Å². The van der Waals surface area contributed by atoms with E-state index >= 15 is 0 Å². The second-order valence-corrected chi connectivity index (χ2v) is 9.98. The predicted molar refractivity (Wildman–Crippen MR) is 96.1 cm³/mol. The fourth-order valence-corrected chi connectivity index (χ4v) is 7.00. The second kappa shape index (κ2) is 6.57. The summed E-state index contributed by atoms with van der Waals surface area (Å²) >= 11 is 0. The normalized spacial score (nSPS) is 45.2. The third-order valence-corrected chi connectivity index (χ3v) is 7.16. The first-order valence-electron chi connectivity index (χ1n) is 10.3. The van der Waals surface area contributed by atoms with Crippen LogP contribution in [0.3, 0.4) is 0 Å². The van der Waals surface area contributed by atoms with E-state index in [1.165, 1.54) is 30.6 Å². The zero-order chi connectivity index (χ0) is 17.6. The Labute approximate surface area is 151 Å². The van der Waals surface area contributed by atoms with Crippen LogP contribution in [0.15, 0.2) is 0 Å². The molecule has 1 heterocycles. The summed E-state index contributed by atoms with van der Waals surface area (Å²) in [5, 5.41) is 5.85. The lowest BCUT2D eigenvalue weighted by atomic mass is 9.53. The molecule has 0 spiro atoms. The third kappa shape index (κ3) is 3.86. The van der Waals surface area contributed by atoms with Crippen LogP contribution >= 0.6 is 0 Å². The maximum absolute atomic E-state index is 12.5. The SMILES string of the molecule is C[C@@H]1C[C@H](C)C[NH+](CC(=O)NC(=O)NC23CC4CC(CC(C4)C2)C3)C1. The van der Waals surface area contributed by atoms with Gasteiger partial charge in [-0.25, -0.2) is 4.79 Å². The Kier molecular flexibility index (Phi) is 4.55. The fourth-order valence-electron chi connectivity index (χ4n) is 7.00. The van der Waals surface area contributed by atoms with Gasteiger partial charge in [0.05, 0.1) is 13.1 Å². The molecule has 0 aromatic heterocycles. The van der Waals surface area contributed by atoms with Crippen LogP contribution in [0.25, 0.3) is 0 Å². The Morgan fingerprint density at radius 1 is 0.920 bits per heavy atom. The van der Waals surface area contributed by atoms with Crippen LogP contribution in [0, 0.1) is 29.6 Å². The van der Waals surface area contributed by atoms with Crippen LogP contribution in [0.1, 0.15) is 58.8 Å². The summed E-state index contributed by atoms with van der Waals surface area (Å²) in [7, 11) is 0. The Morgan fingerprint density at radius 2 is 1.44 bits per heavy atom. The highest BCUT2D eigenvalue weighted by Gasteiger charge is 2.51. The number of urea groups is 1. The molecule has 140 valence electrons. The predicted octanol–water partition coefficient (Wildman–Crippen LogP) is 1.34. The highest BCUT2D eigenvalue weighted by atomic mass is 16.2. The van der Waals surface area contributed by atoms with Gasteiger partial charge in [0.15, 0.2) is 6.54 Å². The molecule has 1 unspecified atom stereocenters. The second-order valence-electron chi connectivity index (χ2n) is 9.98. The summed E-state index contributed by atoms with van der Waals surface area (Å²) in [6.07, 6.45) is 8.67. The monoisotopic (exact) mass is 348 g/mol. The lowest BCUT2D eigenvalue weighted by Crippen LogP contribution is -3.15. The third-order valence-electron chi connectivity index (χ3n) is 7.16. The molecular weight excluding hydrogens is 314 g/mol. The molecule has 25 heavy (non-hydrogen) atoms. The zero-order valence-electron chi connectivity index (χ0n) is 15.8. The number of carbonyl (C=O) groups is 2. The minimum absolute atomic E-state index is 0.0277. The maximum Gasteiger partial charge on any atom is 0.322 e. The number of carbonyl (C=O) groups excluding carboxylic acids is 2. The molecule has 3 atom stereocenters. The van der Waals surface area contributed by atoms with Gasteiger partial charge in [0.1, 0.15) is 0 Å². The topological polar surface area (TPSA) is 62.6 Å². The molecule has 0 aromatic rings. The molecule has 4 aliphatic carbocycles. The number of nitrogens with one attached hydrogen (secondary N) is 3. The van der Waals surface area contributed by atoms with E-state index in [4.69, 9.17) is 0 Å². The lowest BCUT2D eigenvalue weighted by Gasteiger charge is -2.56. The Bertz CT molecular complexity index is 502. The number of quaternary nitrogens is 1. The Balaban J connectivity index is 1.28. The average molecular weight is 349 g/mol. The summed E-state index contributed by atoms with van der Waals surface area (Å²) in [5.74, 6) is 3.58. The van der Waals surface area contributed by atoms with Gasteiger partial charge in [-0.05, 0) is 62.7 Å². The number of imide groups is 1. The van der Waals surface area contributed by atoms with Crippen molar-refractivity contribution in [2.24, 2.45) is 29.6 Å². The van der Waals surface area contributed by atoms with Crippen molar-refractivity contribution in [1.82, 2.24) is 10.6 Å². The number of rotatable bonds is 3. The van der Waals surface area contributed by atoms with E-state index < -0.39 is 0 Å². The van der Waals surface area contributed by atoms with Gasteiger partial charge in [-0.1, -0.05) is 13.8 Å². The molecule has 5 aliphatic rings. The molecule has 5 nitrogen and oxygen atoms in total. The zero-order valence-corrected chi connectivity index (χ0v) is 15.8.